The van der Waals surface area contributed by atoms with Gasteiger partial charge in [-0.2, -0.15) is 0 Å². The third-order valence-electron chi connectivity index (χ3n) is 13.8. The zero-order valence-corrected chi connectivity index (χ0v) is 37.7. The minimum atomic E-state index is -2.02. The summed E-state index contributed by atoms with van der Waals surface area (Å²) in [5.41, 5.74) is 3.44. The van der Waals surface area contributed by atoms with Gasteiger partial charge in [0.2, 0.25) is 11.8 Å². The number of esters is 1. The van der Waals surface area contributed by atoms with Crippen molar-refractivity contribution < 1.29 is 43.2 Å². The fourth-order valence-electron chi connectivity index (χ4n) is 10.8. The Labute approximate surface area is 395 Å². The first kappa shape index (κ1) is 44.6. The number of morpholine rings is 2. The zero-order valence-electron chi connectivity index (χ0n) is 37.7. The van der Waals surface area contributed by atoms with Crippen molar-refractivity contribution in [2.75, 3.05) is 61.7 Å². The number of carbonyl (C=O) groups is 4. The molecular formula is C55H52N4O9. The van der Waals surface area contributed by atoms with E-state index in [0.717, 1.165) is 60.5 Å². The lowest BCUT2D eigenvalue weighted by Gasteiger charge is -2.46. The van der Waals surface area contributed by atoms with Crippen LogP contribution in [0.25, 0.3) is 0 Å². The topological polar surface area (TPSA) is 147 Å². The third kappa shape index (κ3) is 8.08. The van der Waals surface area contributed by atoms with E-state index in [0.29, 0.717) is 41.2 Å². The summed E-state index contributed by atoms with van der Waals surface area (Å²) >= 11 is 0. The van der Waals surface area contributed by atoms with Gasteiger partial charge in [0.1, 0.15) is 29.9 Å². The van der Waals surface area contributed by atoms with Crippen LogP contribution >= 0.6 is 0 Å². The van der Waals surface area contributed by atoms with Crippen molar-refractivity contribution in [1.82, 2.24) is 4.90 Å². The van der Waals surface area contributed by atoms with Gasteiger partial charge in [-0.05, 0) is 108 Å². The molecule has 13 nitrogen and oxygen atoms in total. The van der Waals surface area contributed by atoms with Crippen molar-refractivity contribution >= 4 is 40.9 Å². The number of ether oxygens (including phenoxy) is 4. The molecule has 1 aliphatic carbocycles. The molecule has 3 fully saturated rings. The van der Waals surface area contributed by atoms with Gasteiger partial charge in [0, 0.05) is 37.1 Å². The van der Waals surface area contributed by atoms with Crippen LogP contribution in [0.1, 0.15) is 71.7 Å². The lowest BCUT2D eigenvalue weighted by molar-refractivity contribution is -0.177. The molecule has 5 aromatic rings. The number of methoxy groups -OCH3 is 1. The Morgan fingerprint density at radius 2 is 1.53 bits per heavy atom. The summed E-state index contributed by atoms with van der Waals surface area (Å²) in [6.07, 6.45) is 4.20. The summed E-state index contributed by atoms with van der Waals surface area (Å²) in [5, 5.41) is 13.9. The standard InChI is InChI=1S/C55H52N4O9/c1-65-33-34-67-54(64)58-45-28-19-37(18-17-36-11-5-2-6-12-36)35-44(45)55(53(58)63)46(51(61)56-41-22-24-42(25-23-41)57-29-31-66-32-30-57)48-52(62)68-49(39-15-9-4-10-16-39)47(38-13-7-3-8-14-38)59(48)50(55)40-20-26-43(60)27-21-40/h3-4,7-11,13-16,19-28,35,46-50,60H,2,5-6,12,29-34H2,1H3,(H,56,61)/t46-,47-,48-,49+,50+,55-/m0/s1. The van der Waals surface area contributed by atoms with Gasteiger partial charge in [-0.15, -0.1) is 0 Å². The number of nitrogens with one attached hydrogen (secondary N) is 1. The van der Waals surface area contributed by atoms with Gasteiger partial charge in [0.25, 0.3) is 0 Å². The van der Waals surface area contributed by atoms with E-state index in [9.17, 15) is 9.90 Å². The van der Waals surface area contributed by atoms with Crippen molar-refractivity contribution in [3.63, 3.8) is 0 Å². The van der Waals surface area contributed by atoms with E-state index in [1.54, 1.807) is 42.5 Å². The fourth-order valence-corrected chi connectivity index (χ4v) is 10.8. The Morgan fingerprint density at radius 3 is 2.22 bits per heavy atom. The average Bonchev–Trinajstić information content (AvgIpc) is 3.83. The Hall–Kier alpha value is -7.24. The third-order valence-corrected chi connectivity index (χ3v) is 13.8. The van der Waals surface area contributed by atoms with Crippen LogP contribution < -0.4 is 15.1 Å². The quantitative estimate of drug-likeness (QED) is 0.0839. The van der Waals surface area contributed by atoms with Gasteiger partial charge in [0.05, 0.1) is 43.5 Å². The maximum Gasteiger partial charge on any atom is 0.421 e. The minimum absolute atomic E-state index is 0.0249. The number of aromatic hydroxyl groups is 1. The highest BCUT2D eigenvalue weighted by Gasteiger charge is 2.75. The highest BCUT2D eigenvalue weighted by atomic mass is 16.6. The minimum Gasteiger partial charge on any atom is -0.508 e. The van der Waals surface area contributed by atoms with E-state index in [2.05, 4.69) is 28.1 Å². The number of imide groups is 1. The second-order valence-electron chi connectivity index (χ2n) is 17.7. The molecule has 1 spiro atoms. The van der Waals surface area contributed by atoms with Gasteiger partial charge < -0.3 is 34.3 Å². The van der Waals surface area contributed by atoms with Crippen LogP contribution in [0.3, 0.4) is 0 Å². The van der Waals surface area contributed by atoms with Crippen LogP contribution in [-0.2, 0) is 38.7 Å². The lowest BCUT2D eigenvalue weighted by atomic mass is 9.65. The van der Waals surface area contributed by atoms with Gasteiger partial charge in [-0.25, -0.2) is 9.69 Å². The van der Waals surface area contributed by atoms with Gasteiger partial charge in [-0.1, -0.05) is 90.7 Å². The van der Waals surface area contributed by atoms with Gasteiger partial charge in [-0.3, -0.25) is 19.3 Å². The Balaban J connectivity index is 1.22. The van der Waals surface area contributed by atoms with E-state index in [-0.39, 0.29) is 24.7 Å². The molecule has 0 aromatic heterocycles. The number of rotatable bonds is 9. The normalized spacial score (nSPS) is 24.3. The molecule has 4 aliphatic heterocycles. The number of anilines is 3. The number of hydrogen-bond acceptors (Lipinski definition) is 11. The first-order valence-corrected chi connectivity index (χ1v) is 23.2. The van der Waals surface area contributed by atoms with Crippen LogP contribution in [0.5, 0.6) is 5.75 Å². The number of cyclic esters (lactones) is 1. The summed E-state index contributed by atoms with van der Waals surface area (Å²) in [4.78, 5) is 67.3. The smallest absolute Gasteiger partial charge is 0.421 e. The Bertz CT molecular complexity index is 2780. The van der Waals surface area contributed by atoms with Crippen molar-refractivity contribution in [2.24, 2.45) is 5.92 Å². The molecule has 3 saturated heterocycles. The maximum absolute atomic E-state index is 16.4. The van der Waals surface area contributed by atoms with E-state index in [1.807, 2.05) is 77.7 Å². The number of allylic oxidation sites excluding steroid dienone is 2. The predicted molar refractivity (Wildman–Crippen MR) is 255 cm³/mol. The van der Waals surface area contributed by atoms with E-state index < -0.39 is 59.4 Å². The summed E-state index contributed by atoms with van der Waals surface area (Å²) in [5.74, 6) is 3.01. The van der Waals surface area contributed by atoms with Gasteiger partial charge >= 0.3 is 12.1 Å². The molecule has 2 N–H and O–H groups in total. The number of hydrogen-bond donors (Lipinski definition) is 2. The molecule has 10 rings (SSSR count). The molecule has 0 radical (unpaired) electrons. The zero-order chi connectivity index (χ0) is 46.8. The molecule has 68 heavy (non-hydrogen) atoms. The van der Waals surface area contributed by atoms with Crippen molar-refractivity contribution in [3.8, 4) is 17.6 Å². The number of phenols is 1. The molecule has 6 atom stereocenters. The molecular weight excluding hydrogens is 861 g/mol. The number of phenolic OH excluding ortho intramolecular Hbond substituents is 1. The number of benzene rings is 5. The number of carbonyl (C=O) groups excluding carboxylic acids is 4. The van der Waals surface area contributed by atoms with E-state index in [4.69, 9.17) is 18.9 Å². The largest absolute Gasteiger partial charge is 0.508 e. The van der Waals surface area contributed by atoms with Crippen LogP contribution in [0.15, 0.2) is 139 Å². The molecule has 0 saturated carbocycles. The average molecular weight is 913 g/mol. The van der Waals surface area contributed by atoms with Crippen molar-refractivity contribution in [2.45, 2.75) is 55.3 Å². The van der Waals surface area contributed by atoms with Crippen LogP contribution in [0.2, 0.25) is 0 Å². The van der Waals surface area contributed by atoms with Crippen LogP contribution in [0.4, 0.5) is 21.9 Å². The molecule has 346 valence electrons. The summed E-state index contributed by atoms with van der Waals surface area (Å²) in [6, 6.07) is 34.8. The lowest BCUT2D eigenvalue weighted by Crippen LogP contribution is -2.54. The number of fused-ring (bicyclic) bond motifs is 3. The molecule has 5 aliphatic rings. The van der Waals surface area contributed by atoms with Crippen molar-refractivity contribution in [3.05, 3.63) is 167 Å². The monoisotopic (exact) mass is 912 g/mol. The highest BCUT2D eigenvalue weighted by Crippen LogP contribution is 2.66. The summed E-state index contributed by atoms with van der Waals surface area (Å²) in [6.45, 7) is 2.56. The SMILES string of the molecule is COCCOC(=O)N1C(=O)[C@@]2(c3cc(C#CC4=CCCCC4)ccc31)[C@H](C(=O)Nc1ccc(N3CCOCC3)cc1)[C@H]1C(=O)O[C@H](c3ccccc3)[C@H](c3ccccc3)N1[C@@H]2c1ccc(O)cc1. The Morgan fingerprint density at radius 1 is 0.809 bits per heavy atom. The fraction of sp³-hybridized carbons (Fsp3) is 0.309. The maximum atomic E-state index is 16.4. The number of amides is 3. The van der Waals surface area contributed by atoms with Gasteiger partial charge in [0.15, 0.2) is 0 Å². The summed E-state index contributed by atoms with van der Waals surface area (Å²) < 4.78 is 23.1. The molecule has 0 unspecified atom stereocenters. The second kappa shape index (κ2) is 19.2. The molecule has 4 heterocycles. The van der Waals surface area contributed by atoms with Crippen LogP contribution in [-0.4, -0.2) is 86.6 Å². The number of nitrogens with zero attached hydrogens (tertiary/aromatic N) is 3. The predicted octanol–water partition coefficient (Wildman–Crippen LogP) is 8.17. The molecule has 0 bridgehead atoms. The first-order valence-electron chi connectivity index (χ1n) is 23.2. The molecule has 3 amide bonds. The summed E-state index contributed by atoms with van der Waals surface area (Å²) in [7, 11) is 1.48. The molecule has 5 aromatic carbocycles. The van der Waals surface area contributed by atoms with Crippen molar-refractivity contribution in [1.29, 1.82) is 0 Å². The van der Waals surface area contributed by atoms with Crippen LogP contribution in [0, 0.1) is 17.8 Å². The van der Waals surface area contributed by atoms with E-state index in [1.165, 1.54) is 19.2 Å². The Kier molecular flexibility index (Phi) is 12.6. The van der Waals surface area contributed by atoms with E-state index >= 15 is 14.4 Å². The molecule has 13 heteroatoms. The highest BCUT2D eigenvalue weighted by molar-refractivity contribution is 6.24. The second-order valence-corrected chi connectivity index (χ2v) is 17.7. The first-order chi connectivity index (χ1) is 33.3.